The first kappa shape index (κ1) is 23.3. The molecule has 0 bridgehead atoms. The lowest BCUT2D eigenvalue weighted by Crippen LogP contribution is -2.35. The Morgan fingerprint density at radius 2 is 2.06 bits per heavy atom. The van der Waals surface area contributed by atoms with Gasteiger partial charge in [0.15, 0.2) is 0 Å². The molecule has 3 aliphatic rings. The minimum Gasteiger partial charge on any atom is -0.439 e. The number of pyridine rings is 2. The standard InChI is InChI=1S/C27H32N6O3/c34-16-26(35)33-12-9-27(18-33)8-11-32(17-27)15-21-3-1-19-13-22(4-5-23(19)30-21)36-25-6-2-20(14-28-25)24-7-10-29-31-24/h1-6,13-14,24,29,31,34H,7-12,15-18H2. The third-order valence-electron chi connectivity index (χ3n) is 7.77. The number of amides is 1. The highest BCUT2D eigenvalue weighted by atomic mass is 16.5. The molecule has 6 rings (SSSR count). The molecule has 2 aromatic heterocycles. The van der Waals surface area contributed by atoms with Crippen LogP contribution in [0.2, 0.25) is 0 Å². The first-order valence-corrected chi connectivity index (χ1v) is 12.7. The molecule has 0 saturated carbocycles. The fraction of sp³-hybridized carbons (Fsp3) is 0.444. The molecule has 3 fully saturated rings. The highest BCUT2D eigenvalue weighted by Crippen LogP contribution is 2.40. The number of aliphatic hydroxyl groups is 1. The molecule has 3 N–H and O–H groups in total. The summed E-state index contributed by atoms with van der Waals surface area (Å²) in [6, 6.07) is 14.4. The molecule has 9 nitrogen and oxygen atoms in total. The van der Waals surface area contributed by atoms with Crippen molar-refractivity contribution in [2.24, 2.45) is 5.41 Å². The maximum absolute atomic E-state index is 11.9. The Labute approximate surface area is 210 Å². The molecule has 3 saturated heterocycles. The van der Waals surface area contributed by atoms with E-state index in [0.29, 0.717) is 11.9 Å². The van der Waals surface area contributed by atoms with E-state index in [1.165, 1.54) is 0 Å². The molecule has 2 unspecified atom stereocenters. The van der Waals surface area contributed by atoms with Gasteiger partial charge in [0, 0.05) is 61.8 Å². The van der Waals surface area contributed by atoms with Crippen LogP contribution in [0, 0.1) is 5.41 Å². The molecule has 2 atom stereocenters. The molecule has 9 heteroatoms. The summed E-state index contributed by atoms with van der Waals surface area (Å²) < 4.78 is 6.00. The van der Waals surface area contributed by atoms with Gasteiger partial charge in [-0.2, -0.15) is 0 Å². The summed E-state index contributed by atoms with van der Waals surface area (Å²) >= 11 is 0. The Morgan fingerprint density at radius 1 is 1.14 bits per heavy atom. The van der Waals surface area contributed by atoms with E-state index in [1.54, 1.807) is 0 Å². The fourth-order valence-electron chi connectivity index (χ4n) is 5.78. The number of carbonyl (C=O) groups is 1. The number of aromatic nitrogens is 2. The number of hydrazine groups is 1. The van der Waals surface area contributed by atoms with Crippen LogP contribution in [0.5, 0.6) is 11.6 Å². The molecule has 1 aromatic carbocycles. The second-order valence-corrected chi connectivity index (χ2v) is 10.3. The number of nitrogens with one attached hydrogen (secondary N) is 2. The lowest BCUT2D eigenvalue weighted by Gasteiger charge is -2.24. The van der Waals surface area contributed by atoms with Gasteiger partial charge in [0.2, 0.25) is 11.8 Å². The van der Waals surface area contributed by atoms with Crippen molar-refractivity contribution in [2.45, 2.75) is 31.8 Å². The number of benzene rings is 1. The van der Waals surface area contributed by atoms with E-state index < -0.39 is 6.61 Å². The summed E-state index contributed by atoms with van der Waals surface area (Å²) in [6.07, 6.45) is 5.00. The molecule has 0 radical (unpaired) electrons. The Bertz CT molecular complexity index is 1250. The van der Waals surface area contributed by atoms with Crippen molar-refractivity contribution in [3.63, 3.8) is 0 Å². The van der Waals surface area contributed by atoms with Crippen molar-refractivity contribution in [1.29, 1.82) is 0 Å². The third-order valence-corrected chi connectivity index (χ3v) is 7.77. The predicted molar refractivity (Wildman–Crippen MR) is 135 cm³/mol. The average molecular weight is 489 g/mol. The Balaban J connectivity index is 1.08. The topological polar surface area (TPSA) is 103 Å². The lowest BCUT2D eigenvalue weighted by atomic mass is 9.86. The highest BCUT2D eigenvalue weighted by Gasteiger charge is 2.44. The number of aliphatic hydroxyl groups excluding tert-OH is 1. The van der Waals surface area contributed by atoms with Gasteiger partial charge in [-0.1, -0.05) is 12.1 Å². The fourth-order valence-corrected chi connectivity index (χ4v) is 5.78. The molecule has 36 heavy (non-hydrogen) atoms. The van der Waals surface area contributed by atoms with Crippen LogP contribution in [0.1, 0.15) is 36.6 Å². The minimum atomic E-state index is -0.396. The Kier molecular flexibility index (Phi) is 6.30. The van der Waals surface area contributed by atoms with E-state index in [2.05, 4.69) is 38.9 Å². The van der Waals surface area contributed by atoms with Gasteiger partial charge in [0.25, 0.3) is 0 Å². The zero-order valence-corrected chi connectivity index (χ0v) is 20.3. The van der Waals surface area contributed by atoms with Crippen LogP contribution in [0.3, 0.4) is 0 Å². The van der Waals surface area contributed by atoms with Gasteiger partial charge < -0.3 is 14.7 Å². The first-order chi connectivity index (χ1) is 17.6. The predicted octanol–water partition coefficient (Wildman–Crippen LogP) is 2.38. The van der Waals surface area contributed by atoms with Crippen LogP contribution in [0.15, 0.2) is 48.7 Å². The van der Waals surface area contributed by atoms with Gasteiger partial charge in [-0.05, 0) is 55.6 Å². The molecular weight excluding hydrogens is 456 g/mol. The van der Waals surface area contributed by atoms with Crippen LogP contribution >= 0.6 is 0 Å². The van der Waals surface area contributed by atoms with Crippen LogP contribution < -0.4 is 15.6 Å². The average Bonchev–Trinajstić information content (AvgIpc) is 3.67. The van der Waals surface area contributed by atoms with E-state index in [4.69, 9.17) is 9.72 Å². The number of carbonyl (C=O) groups excluding carboxylic acids is 1. The maximum Gasteiger partial charge on any atom is 0.248 e. The van der Waals surface area contributed by atoms with E-state index in [9.17, 15) is 9.90 Å². The molecule has 0 aliphatic carbocycles. The van der Waals surface area contributed by atoms with Gasteiger partial charge in [0.05, 0.1) is 11.2 Å². The monoisotopic (exact) mass is 488 g/mol. The molecule has 1 amide bonds. The molecule has 3 aromatic rings. The molecule has 5 heterocycles. The van der Waals surface area contributed by atoms with Crippen molar-refractivity contribution in [1.82, 2.24) is 30.6 Å². The van der Waals surface area contributed by atoms with Crippen LogP contribution in [-0.4, -0.2) is 70.1 Å². The Hall–Kier alpha value is -3.11. The van der Waals surface area contributed by atoms with Crippen LogP contribution in [-0.2, 0) is 11.3 Å². The van der Waals surface area contributed by atoms with Gasteiger partial charge in [-0.15, -0.1) is 0 Å². The quantitative estimate of drug-likeness (QED) is 0.486. The number of hydrogen-bond acceptors (Lipinski definition) is 8. The molecule has 1 spiro atoms. The SMILES string of the molecule is O=C(CO)N1CCC2(CCN(Cc3ccc4cc(Oc5ccc(C6CCNN6)cn5)ccc4n3)C2)C1. The summed E-state index contributed by atoms with van der Waals surface area (Å²) in [7, 11) is 0. The number of hydrogen-bond donors (Lipinski definition) is 3. The zero-order chi connectivity index (χ0) is 24.5. The lowest BCUT2D eigenvalue weighted by molar-refractivity contribution is -0.133. The van der Waals surface area contributed by atoms with E-state index in [0.717, 1.165) is 86.4 Å². The molecule has 188 valence electrons. The normalized spacial score (nSPS) is 24.2. The minimum absolute atomic E-state index is 0.156. The number of likely N-dealkylation sites (tertiary alicyclic amines) is 2. The zero-order valence-electron chi connectivity index (χ0n) is 20.3. The van der Waals surface area contributed by atoms with E-state index in [1.807, 2.05) is 35.4 Å². The Morgan fingerprint density at radius 3 is 2.86 bits per heavy atom. The summed E-state index contributed by atoms with van der Waals surface area (Å²) in [5.41, 5.74) is 9.68. The second kappa shape index (κ2) is 9.74. The van der Waals surface area contributed by atoms with Crippen molar-refractivity contribution < 1.29 is 14.6 Å². The van der Waals surface area contributed by atoms with Gasteiger partial charge in [-0.3, -0.25) is 25.5 Å². The highest BCUT2D eigenvalue weighted by molar-refractivity contribution is 5.80. The van der Waals surface area contributed by atoms with Crippen LogP contribution in [0.25, 0.3) is 10.9 Å². The summed E-state index contributed by atoms with van der Waals surface area (Å²) in [5, 5.41) is 10.2. The number of nitrogens with zero attached hydrogens (tertiary/aromatic N) is 4. The van der Waals surface area contributed by atoms with Gasteiger partial charge >= 0.3 is 0 Å². The van der Waals surface area contributed by atoms with Crippen molar-refractivity contribution in [3.05, 3.63) is 59.9 Å². The van der Waals surface area contributed by atoms with E-state index in [-0.39, 0.29) is 11.3 Å². The number of fused-ring (bicyclic) bond motifs is 1. The maximum atomic E-state index is 11.9. The first-order valence-electron chi connectivity index (χ1n) is 12.7. The third kappa shape index (κ3) is 4.79. The van der Waals surface area contributed by atoms with Gasteiger partial charge in [-0.25, -0.2) is 4.98 Å². The largest absolute Gasteiger partial charge is 0.439 e. The summed E-state index contributed by atoms with van der Waals surface area (Å²) in [5.74, 6) is 1.15. The second-order valence-electron chi connectivity index (χ2n) is 10.3. The summed E-state index contributed by atoms with van der Waals surface area (Å²) in [4.78, 5) is 25.5. The molecular formula is C27H32N6O3. The van der Waals surface area contributed by atoms with Gasteiger partial charge in [0.1, 0.15) is 12.4 Å². The van der Waals surface area contributed by atoms with Crippen molar-refractivity contribution in [3.8, 4) is 11.6 Å². The number of rotatable bonds is 6. The van der Waals surface area contributed by atoms with Crippen LogP contribution in [0.4, 0.5) is 0 Å². The smallest absolute Gasteiger partial charge is 0.248 e. The summed E-state index contributed by atoms with van der Waals surface area (Å²) in [6.45, 7) is 4.84. The number of ether oxygens (including phenoxy) is 1. The molecule has 3 aliphatic heterocycles. The van der Waals surface area contributed by atoms with Crippen molar-refractivity contribution >= 4 is 16.8 Å². The van der Waals surface area contributed by atoms with E-state index >= 15 is 0 Å². The van der Waals surface area contributed by atoms with Crippen molar-refractivity contribution in [2.75, 3.05) is 39.3 Å².